The molecule has 6 heteroatoms. The van der Waals surface area contributed by atoms with Gasteiger partial charge in [-0.15, -0.1) is 0 Å². The number of aliphatic imine (C=N–C) groups is 3. The minimum absolute atomic E-state index is 0.178. The first-order chi connectivity index (χ1) is 6.24. The largest absolute Gasteiger partial charge is 0.283 e. The zero-order valence-electron chi connectivity index (χ0n) is 6.15. The Kier molecular flexibility index (Phi) is 1.67. The van der Waals surface area contributed by atoms with Crippen LogP contribution in [0.25, 0.3) is 0 Å². The lowest BCUT2D eigenvalue weighted by molar-refractivity contribution is -0.113. The van der Waals surface area contributed by atoms with Crippen LogP contribution in [-0.2, 0) is 4.79 Å². The summed E-state index contributed by atoms with van der Waals surface area (Å²) in [6.45, 7) is 0. The number of amides is 1. The highest BCUT2D eigenvalue weighted by atomic mass is 79.9. The molecular weight excluding hydrogens is 236 g/mol. The highest BCUT2D eigenvalue weighted by Gasteiger charge is 2.30. The van der Waals surface area contributed by atoms with E-state index in [-0.39, 0.29) is 17.0 Å². The fourth-order valence-electron chi connectivity index (χ4n) is 1.02. The second-order valence-corrected chi connectivity index (χ2v) is 3.02. The van der Waals surface area contributed by atoms with Gasteiger partial charge >= 0.3 is 0 Å². The molecule has 0 fully saturated rings. The van der Waals surface area contributed by atoms with Gasteiger partial charge in [-0.2, -0.15) is 10.3 Å². The van der Waals surface area contributed by atoms with E-state index in [1.54, 1.807) is 0 Å². The fourth-order valence-corrected chi connectivity index (χ4v) is 1.47. The van der Waals surface area contributed by atoms with Gasteiger partial charge in [0.1, 0.15) is 28.2 Å². The fraction of sp³-hybridized carbons (Fsp3) is 0. The number of allylic oxidation sites excluding steroid dienone is 1. The van der Waals surface area contributed by atoms with Crippen LogP contribution in [0.2, 0.25) is 0 Å². The van der Waals surface area contributed by atoms with Gasteiger partial charge in [0, 0.05) is 0 Å². The summed E-state index contributed by atoms with van der Waals surface area (Å²) in [6, 6.07) is 1.87. The van der Waals surface area contributed by atoms with Crippen molar-refractivity contribution >= 4 is 38.6 Å². The number of fused-ring (bicyclic) bond motifs is 1. The second-order valence-electron chi connectivity index (χ2n) is 2.27. The van der Waals surface area contributed by atoms with Gasteiger partial charge in [-0.25, -0.2) is 9.98 Å². The first-order valence-electron chi connectivity index (χ1n) is 3.28. The summed E-state index contributed by atoms with van der Waals surface area (Å²) in [4.78, 5) is 22.3. The lowest BCUT2D eigenvalue weighted by atomic mass is 10.1. The maximum Gasteiger partial charge on any atom is 0.283 e. The Hall–Kier alpha value is -1.61. The monoisotopic (exact) mass is 236 g/mol. The zero-order chi connectivity index (χ0) is 9.42. The molecule has 0 aliphatic carbocycles. The molecule has 0 aromatic rings. The first kappa shape index (κ1) is 8.01. The maximum absolute atomic E-state index is 11.2. The molecule has 1 amide bonds. The van der Waals surface area contributed by atoms with Crippen LogP contribution in [0.4, 0.5) is 0 Å². The Morgan fingerprint density at radius 3 is 3.00 bits per heavy atom. The van der Waals surface area contributed by atoms with Crippen molar-refractivity contribution in [3.8, 4) is 6.07 Å². The summed E-state index contributed by atoms with van der Waals surface area (Å²) in [5.74, 6) is -0.219. The number of halogens is 1. The first-order valence-corrected chi connectivity index (χ1v) is 4.07. The molecule has 2 aliphatic rings. The molecule has 0 radical (unpaired) electrons. The van der Waals surface area contributed by atoms with E-state index in [0.717, 1.165) is 6.34 Å². The summed E-state index contributed by atoms with van der Waals surface area (Å²) in [5.41, 5.74) is 0.373. The number of carbonyl (C=O) groups excluding carboxylic acids is 1. The minimum atomic E-state index is -0.472. The molecule has 2 heterocycles. The van der Waals surface area contributed by atoms with E-state index >= 15 is 0 Å². The maximum atomic E-state index is 11.2. The van der Waals surface area contributed by atoms with Crippen molar-refractivity contribution in [2.75, 3.05) is 0 Å². The third kappa shape index (κ3) is 1.05. The number of hydrogen-bond acceptors (Lipinski definition) is 4. The molecule has 0 aromatic carbocycles. The van der Waals surface area contributed by atoms with Crippen LogP contribution >= 0.6 is 15.9 Å². The molecule has 2 aliphatic heterocycles. The Labute approximate surface area is 81.3 Å². The van der Waals surface area contributed by atoms with Crippen LogP contribution in [0.1, 0.15) is 0 Å². The summed E-state index contributed by atoms with van der Waals surface area (Å²) in [7, 11) is 0. The average Bonchev–Trinajstić information content (AvgIpc) is 2.42. The van der Waals surface area contributed by atoms with Crippen molar-refractivity contribution in [1.29, 1.82) is 5.26 Å². The summed E-state index contributed by atoms with van der Waals surface area (Å²) >= 11 is 3.06. The van der Waals surface area contributed by atoms with Crippen molar-refractivity contribution in [2.24, 2.45) is 15.0 Å². The van der Waals surface area contributed by atoms with Gasteiger partial charge in [0.25, 0.3) is 5.91 Å². The van der Waals surface area contributed by atoms with Gasteiger partial charge in [0.2, 0.25) is 0 Å². The van der Waals surface area contributed by atoms with Crippen molar-refractivity contribution in [2.45, 2.75) is 0 Å². The lowest BCUT2D eigenvalue weighted by Gasteiger charge is -1.99. The average molecular weight is 237 g/mol. The van der Waals surface area contributed by atoms with Crippen LogP contribution in [0, 0.1) is 11.3 Å². The van der Waals surface area contributed by atoms with E-state index < -0.39 is 5.91 Å². The normalized spacial score (nSPS) is 19.5. The van der Waals surface area contributed by atoms with Crippen LogP contribution < -0.4 is 0 Å². The van der Waals surface area contributed by atoms with Gasteiger partial charge in [-0.05, 0) is 15.9 Å². The summed E-state index contributed by atoms with van der Waals surface area (Å²) in [5, 5.41) is 8.72. The van der Waals surface area contributed by atoms with Crippen molar-refractivity contribution < 1.29 is 4.79 Å². The van der Waals surface area contributed by atoms with E-state index in [1.807, 2.05) is 6.07 Å². The quantitative estimate of drug-likeness (QED) is 0.617. The number of hydrogen-bond donors (Lipinski definition) is 0. The summed E-state index contributed by atoms with van der Waals surface area (Å²) in [6.07, 6.45) is 1.13. The molecule has 0 N–H and O–H groups in total. The highest BCUT2D eigenvalue weighted by molar-refractivity contribution is 9.18. The van der Waals surface area contributed by atoms with Crippen molar-refractivity contribution in [3.63, 3.8) is 0 Å². The van der Waals surface area contributed by atoms with E-state index in [4.69, 9.17) is 5.26 Å². The van der Waals surface area contributed by atoms with Gasteiger partial charge < -0.3 is 0 Å². The zero-order valence-corrected chi connectivity index (χ0v) is 7.74. The molecular formula is C7HBrN4O. The molecule has 62 valence electrons. The molecule has 0 bridgehead atoms. The number of rotatable bonds is 0. The smallest absolute Gasteiger partial charge is 0.267 e. The third-order valence-electron chi connectivity index (χ3n) is 1.56. The summed E-state index contributed by atoms with van der Waals surface area (Å²) < 4.78 is 0.336. The Balaban J connectivity index is 2.68. The molecule has 2 rings (SSSR count). The van der Waals surface area contributed by atoms with Crippen LogP contribution in [0.5, 0.6) is 0 Å². The number of nitrogens with zero attached hydrogens (tertiary/aromatic N) is 4. The van der Waals surface area contributed by atoms with E-state index in [1.165, 1.54) is 0 Å². The predicted molar refractivity (Wildman–Crippen MR) is 49.9 cm³/mol. The van der Waals surface area contributed by atoms with Crippen LogP contribution in [0.3, 0.4) is 0 Å². The minimum Gasteiger partial charge on any atom is -0.267 e. The SMILES string of the molecule is N#CC1=C2C(=O)N=CN=C2N=C1Br. The predicted octanol–water partition coefficient (Wildman–Crippen LogP) is 0.581. The number of amidine groups is 1. The standard InChI is InChI=1S/C7HBrN4O/c8-5-3(1-9)4-6(12-5)10-2-11-7(4)13/h2H. The third-order valence-corrected chi connectivity index (χ3v) is 2.14. The molecule has 0 saturated carbocycles. The van der Waals surface area contributed by atoms with Gasteiger partial charge in [-0.3, -0.25) is 4.79 Å². The molecule has 5 nitrogen and oxygen atoms in total. The molecule has 0 unspecified atom stereocenters. The molecule has 0 saturated heterocycles. The van der Waals surface area contributed by atoms with Crippen LogP contribution in [-0.4, -0.2) is 22.7 Å². The molecule has 0 atom stereocenters. The highest BCUT2D eigenvalue weighted by Crippen LogP contribution is 2.23. The Morgan fingerprint density at radius 1 is 1.54 bits per heavy atom. The molecule has 0 spiro atoms. The number of nitriles is 1. The van der Waals surface area contributed by atoms with Gasteiger partial charge in [0.05, 0.1) is 0 Å². The topological polar surface area (TPSA) is 77.9 Å². The van der Waals surface area contributed by atoms with Crippen LogP contribution in [0.15, 0.2) is 26.1 Å². The van der Waals surface area contributed by atoms with E-state index in [9.17, 15) is 4.79 Å². The Morgan fingerprint density at radius 2 is 2.31 bits per heavy atom. The molecule has 0 aromatic heterocycles. The van der Waals surface area contributed by atoms with Gasteiger partial charge in [-0.1, -0.05) is 0 Å². The van der Waals surface area contributed by atoms with Crippen molar-refractivity contribution in [3.05, 3.63) is 11.1 Å². The number of carbonyl (C=O) groups is 1. The lowest BCUT2D eigenvalue weighted by Crippen LogP contribution is -2.12. The van der Waals surface area contributed by atoms with E-state index in [0.29, 0.717) is 4.62 Å². The second kappa shape index (κ2) is 2.71. The Bertz CT molecular complexity index is 463. The molecule has 13 heavy (non-hydrogen) atoms. The van der Waals surface area contributed by atoms with Gasteiger partial charge in [0.15, 0.2) is 5.84 Å². The van der Waals surface area contributed by atoms with E-state index in [2.05, 4.69) is 30.9 Å². The van der Waals surface area contributed by atoms with Crippen molar-refractivity contribution in [1.82, 2.24) is 0 Å².